The van der Waals surface area contributed by atoms with Crippen LogP contribution in [-0.4, -0.2) is 42.3 Å². The van der Waals surface area contributed by atoms with E-state index < -0.39 is 5.60 Å². The van der Waals surface area contributed by atoms with Gasteiger partial charge in [0, 0.05) is 29.6 Å². The highest BCUT2D eigenvalue weighted by atomic mass is 35.5. The average molecular weight is 394 g/mol. The van der Waals surface area contributed by atoms with Crippen molar-refractivity contribution in [3.05, 3.63) is 47.0 Å². The Morgan fingerprint density at radius 3 is 2.48 bits per heavy atom. The topological polar surface area (TPSA) is 55.8 Å². The van der Waals surface area contributed by atoms with Crippen LogP contribution in [-0.2, 0) is 19.7 Å². The Bertz CT molecular complexity index is 700. The van der Waals surface area contributed by atoms with E-state index in [1.807, 2.05) is 51.1 Å². The highest BCUT2D eigenvalue weighted by molar-refractivity contribution is 6.30. The third-order valence-electron chi connectivity index (χ3n) is 4.53. The summed E-state index contributed by atoms with van der Waals surface area (Å²) in [5.74, 6) is -0.367. The van der Waals surface area contributed by atoms with Crippen molar-refractivity contribution in [2.75, 3.05) is 19.7 Å². The summed E-state index contributed by atoms with van der Waals surface area (Å²) in [6, 6.07) is 7.65. The predicted molar refractivity (Wildman–Crippen MR) is 106 cm³/mol. The number of benzene rings is 1. The zero-order chi connectivity index (χ0) is 20.1. The van der Waals surface area contributed by atoms with Crippen molar-refractivity contribution in [3.63, 3.8) is 0 Å². The molecule has 5 nitrogen and oxygen atoms in total. The molecule has 1 aromatic rings. The van der Waals surface area contributed by atoms with Crippen LogP contribution in [0.1, 0.15) is 46.1 Å². The van der Waals surface area contributed by atoms with Crippen LogP contribution in [0.4, 0.5) is 4.79 Å². The van der Waals surface area contributed by atoms with Crippen molar-refractivity contribution in [3.8, 4) is 0 Å². The molecule has 1 aromatic carbocycles. The number of ether oxygens (including phenoxy) is 2. The molecule has 6 heteroatoms. The lowest BCUT2D eigenvalue weighted by atomic mass is 9.72. The molecule has 0 atom stereocenters. The molecular formula is C21H28ClNO4. The fourth-order valence-corrected chi connectivity index (χ4v) is 3.37. The zero-order valence-electron chi connectivity index (χ0n) is 16.5. The molecule has 0 aliphatic carbocycles. The first kappa shape index (κ1) is 21.3. The van der Waals surface area contributed by atoms with E-state index >= 15 is 0 Å². The highest BCUT2D eigenvalue weighted by Crippen LogP contribution is 2.38. The second-order valence-corrected chi connectivity index (χ2v) is 8.16. The van der Waals surface area contributed by atoms with E-state index in [1.165, 1.54) is 6.08 Å². The average Bonchev–Trinajstić information content (AvgIpc) is 2.59. The summed E-state index contributed by atoms with van der Waals surface area (Å²) in [7, 11) is 0. The van der Waals surface area contributed by atoms with Crippen LogP contribution in [0.5, 0.6) is 0 Å². The number of halogens is 1. The molecular weight excluding hydrogens is 366 g/mol. The number of likely N-dealkylation sites (tertiary alicyclic amines) is 1. The first-order valence-electron chi connectivity index (χ1n) is 9.25. The lowest BCUT2D eigenvalue weighted by Crippen LogP contribution is -2.46. The van der Waals surface area contributed by atoms with Crippen molar-refractivity contribution >= 4 is 23.7 Å². The fraction of sp³-hybridized carbons (Fsp3) is 0.524. The molecule has 1 amide bonds. The Morgan fingerprint density at radius 1 is 1.26 bits per heavy atom. The predicted octanol–water partition coefficient (Wildman–Crippen LogP) is 4.73. The standard InChI is InChI=1S/C21H28ClNO4/c1-5-26-18(24)9-10-21(16-7-6-8-17(22)15-16)11-13-23(14-12-21)19(25)27-20(2,3)4/h6-10,15H,5,11-14H2,1-4H3. The van der Waals surface area contributed by atoms with E-state index in [9.17, 15) is 9.59 Å². The number of hydrogen-bond donors (Lipinski definition) is 0. The van der Waals surface area contributed by atoms with Crippen molar-refractivity contribution in [2.45, 2.75) is 51.6 Å². The maximum Gasteiger partial charge on any atom is 0.410 e. The molecule has 1 fully saturated rings. The lowest BCUT2D eigenvalue weighted by Gasteiger charge is -2.40. The third kappa shape index (κ3) is 5.99. The van der Waals surface area contributed by atoms with Crippen molar-refractivity contribution in [2.24, 2.45) is 0 Å². The summed E-state index contributed by atoms with van der Waals surface area (Å²) in [5.41, 5.74) is 0.123. The van der Waals surface area contributed by atoms with Gasteiger partial charge in [0.25, 0.3) is 0 Å². The van der Waals surface area contributed by atoms with Crippen LogP contribution < -0.4 is 0 Å². The quantitative estimate of drug-likeness (QED) is 0.548. The number of allylic oxidation sites excluding steroid dienone is 1. The molecule has 27 heavy (non-hydrogen) atoms. The Kier molecular flexibility index (Phi) is 6.93. The number of carbonyl (C=O) groups excluding carboxylic acids is 2. The second-order valence-electron chi connectivity index (χ2n) is 7.72. The van der Waals surface area contributed by atoms with Gasteiger partial charge in [-0.25, -0.2) is 9.59 Å². The van der Waals surface area contributed by atoms with Gasteiger partial charge >= 0.3 is 12.1 Å². The maximum atomic E-state index is 12.4. The van der Waals surface area contributed by atoms with E-state index in [1.54, 1.807) is 11.8 Å². The van der Waals surface area contributed by atoms with E-state index in [-0.39, 0.29) is 17.5 Å². The van der Waals surface area contributed by atoms with Gasteiger partial charge in [0.1, 0.15) is 5.60 Å². The Morgan fingerprint density at radius 2 is 1.93 bits per heavy atom. The first-order valence-corrected chi connectivity index (χ1v) is 9.63. The molecule has 1 heterocycles. The van der Waals surface area contributed by atoms with Gasteiger partial charge in [-0.3, -0.25) is 0 Å². The maximum absolute atomic E-state index is 12.4. The van der Waals surface area contributed by atoms with E-state index in [4.69, 9.17) is 21.1 Å². The third-order valence-corrected chi connectivity index (χ3v) is 4.77. The summed E-state index contributed by atoms with van der Waals surface area (Å²) in [5, 5.41) is 0.644. The Balaban J connectivity index is 2.21. The van der Waals surface area contributed by atoms with Crippen LogP contribution in [0, 0.1) is 0 Å². The van der Waals surface area contributed by atoms with Gasteiger partial charge in [-0.05, 0) is 58.2 Å². The van der Waals surface area contributed by atoms with Gasteiger partial charge in [0.05, 0.1) is 6.61 Å². The van der Waals surface area contributed by atoms with Crippen LogP contribution >= 0.6 is 11.6 Å². The molecule has 0 N–H and O–H groups in total. The summed E-state index contributed by atoms with van der Waals surface area (Å²) < 4.78 is 10.5. The zero-order valence-corrected chi connectivity index (χ0v) is 17.2. The van der Waals surface area contributed by atoms with Crippen LogP contribution in [0.2, 0.25) is 5.02 Å². The number of esters is 1. The fourth-order valence-electron chi connectivity index (χ4n) is 3.18. The minimum atomic E-state index is -0.525. The van der Waals surface area contributed by atoms with Gasteiger partial charge in [0.15, 0.2) is 0 Å². The monoisotopic (exact) mass is 393 g/mol. The number of piperidine rings is 1. The lowest BCUT2D eigenvalue weighted by molar-refractivity contribution is -0.137. The van der Waals surface area contributed by atoms with Crippen molar-refractivity contribution in [1.82, 2.24) is 4.90 Å². The number of rotatable bonds is 4. The van der Waals surface area contributed by atoms with E-state index in [2.05, 4.69) is 0 Å². The molecule has 0 saturated carbocycles. The smallest absolute Gasteiger partial charge is 0.410 e. The number of amides is 1. The van der Waals surface area contributed by atoms with Crippen molar-refractivity contribution < 1.29 is 19.1 Å². The minimum absolute atomic E-state index is 0.309. The van der Waals surface area contributed by atoms with Crippen LogP contribution in [0.15, 0.2) is 36.4 Å². The summed E-state index contributed by atoms with van der Waals surface area (Å²) >= 11 is 6.19. The number of nitrogens with zero attached hydrogens (tertiary/aromatic N) is 1. The molecule has 0 unspecified atom stereocenters. The van der Waals surface area contributed by atoms with Crippen LogP contribution in [0.25, 0.3) is 0 Å². The summed E-state index contributed by atoms with van der Waals surface area (Å²) in [6.45, 7) is 8.74. The second kappa shape index (κ2) is 8.79. The van der Waals surface area contributed by atoms with Gasteiger partial charge in [0.2, 0.25) is 0 Å². The van der Waals surface area contributed by atoms with E-state index in [0.29, 0.717) is 37.6 Å². The van der Waals surface area contributed by atoms with Gasteiger partial charge in [-0.15, -0.1) is 0 Å². The molecule has 0 radical (unpaired) electrons. The molecule has 0 spiro atoms. The molecule has 1 aliphatic rings. The molecule has 2 rings (SSSR count). The molecule has 0 aromatic heterocycles. The summed E-state index contributed by atoms with van der Waals surface area (Å²) in [4.78, 5) is 25.9. The normalized spacial score (nSPS) is 17.0. The Hall–Kier alpha value is -2.01. The first-order chi connectivity index (χ1) is 12.6. The summed E-state index contributed by atoms with van der Waals surface area (Å²) in [6.07, 6.45) is 4.40. The number of hydrogen-bond acceptors (Lipinski definition) is 4. The molecule has 1 aliphatic heterocycles. The van der Waals surface area contributed by atoms with E-state index in [0.717, 1.165) is 5.56 Å². The molecule has 148 valence electrons. The number of carbonyl (C=O) groups is 2. The Labute approximate surface area is 166 Å². The molecule has 1 saturated heterocycles. The SMILES string of the molecule is CCOC(=O)C=CC1(c2cccc(Cl)c2)CCN(C(=O)OC(C)(C)C)CC1. The molecule has 0 bridgehead atoms. The van der Waals surface area contributed by atoms with Gasteiger partial charge in [-0.2, -0.15) is 0 Å². The van der Waals surface area contributed by atoms with Crippen molar-refractivity contribution in [1.29, 1.82) is 0 Å². The van der Waals surface area contributed by atoms with Gasteiger partial charge in [-0.1, -0.05) is 29.8 Å². The minimum Gasteiger partial charge on any atom is -0.463 e. The van der Waals surface area contributed by atoms with Crippen LogP contribution in [0.3, 0.4) is 0 Å². The van der Waals surface area contributed by atoms with Gasteiger partial charge < -0.3 is 14.4 Å². The largest absolute Gasteiger partial charge is 0.463 e. The highest BCUT2D eigenvalue weighted by Gasteiger charge is 2.37.